The summed E-state index contributed by atoms with van der Waals surface area (Å²) in [4.78, 5) is 13.9. The maximum absolute atomic E-state index is 4.67. The average molecular weight is 277 g/mol. The van der Waals surface area contributed by atoms with Crippen LogP contribution in [0.15, 0.2) is 0 Å². The minimum atomic E-state index is 0.538. The van der Waals surface area contributed by atoms with Crippen LogP contribution in [-0.4, -0.2) is 54.6 Å². The van der Waals surface area contributed by atoms with E-state index in [0.717, 1.165) is 36.1 Å². The summed E-state index contributed by atoms with van der Waals surface area (Å²) in [5.41, 5.74) is 1.15. The highest BCUT2D eigenvalue weighted by Crippen LogP contribution is 2.26. The first-order chi connectivity index (χ1) is 9.52. The van der Waals surface area contributed by atoms with Gasteiger partial charge in [0.15, 0.2) is 0 Å². The van der Waals surface area contributed by atoms with E-state index in [1.807, 2.05) is 6.92 Å². The van der Waals surface area contributed by atoms with E-state index < -0.39 is 0 Å². The van der Waals surface area contributed by atoms with Gasteiger partial charge in [0.1, 0.15) is 17.5 Å². The summed E-state index contributed by atoms with van der Waals surface area (Å²) >= 11 is 0. The molecule has 5 nitrogen and oxygen atoms in total. The standard InChI is InChI=1S/C15H27N5/c1-6-16-14-11(2)15(18-12(3)17-14)20(5)13-8-7-9-19(4)10-13/h13H,6-10H2,1-5H3,(H,16,17,18). The first-order valence-electron chi connectivity index (χ1n) is 7.53. The zero-order valence-corrected chi connectivity index (χ0v) is 13.4. The van der Waals surface area contributed by atoms with Gasteiger partial charge in [-0.3, -0.25) is 0 Å². The predicted molar refractivity (Wildman–Crippen MR) is 84.6 cm³/mol. The van der Waals surface area contributed by atoms with Crippen molar-refractivity contribution in [1.82, 2.24) is 14.9 Å². The van der Waals surface area contributed by atoms with Crippen LogP contribution in [0, 0.1) is 13.8 Å². The first-order valence-corrected chi connectivity index (χ1v) is 7.53. The number of nitrogens with one attached hydrogen (secondary N) is 1. The van der Waals surface area contributed by atoms with Crippen molar-refractivity contribution >= 4 is 11.6 Å². The molecule has 0 radical (unpaired) electrons. The summed E-state index contributed by atoms with van der Waals surface area (Å²) in [6, 6.07) is 0.538. The fourth-order valence-electron chi connectivity index (χ4n) is 2.92. The normalized spacial score (nSPS) is 19.9. The van der Waals surface area contributed by atoms with E-state index in [-0.39, 0.29) is 0 Å². The third kappa shape index (κ3) is 3.20. The molecule has 1 N–H and O–H groups in total. The highest BCUT2D eigenvalue weighted by molar-refractivity contribution is 5.58. The van der Waals surface area contributed by atoms with Gasteiger partial charge >= 0.3 is 0 Å². The summed E-state index contributed by atoms with van der Waals surface area (Å²) < 4.78 is 0. The van der Waals surface area contributed by atoms with E-state index in [0.29, 0.717) is 6.04 Å². The molecular formula is C15H27N5. The van der Waals surface area contributed by atoms with Crippen LogP contribution in [0.4, 0.5) is 11.6 Å². The SMILES string of the molecule is CCNc1nc(C)nc(N(C)C2CCCN(C)C2)c1C. The Morgan fingerprint density at radius 1 is 1.35 bits per heavy atom. The van der Waals surface area contributed by atoms with Crippen LogP contribution in [-0.2, 0) is 0 Å². The van der Waals surface area contributed by atoms with Gasteiger partial charge in [-0.1, -0.05) is 0 Å². The Kier molecular flexibility index (Phi) is 4.81. The Morgan fingerprint density at radius 3 is 2.75 bits per heavy atom. The summed E-state index contributed by atoms with van der Waals surface area (Å²) in [6.45, 7) is 9.35. The lowest BCUT2D eigenvalue weighted by molar-refractivity contribution is 0.247. The van der Waals surface area contributed by atoms with E-state index in [4.69, 9.17) is 0 Å². The third-order valence-corrected chi connectivity index (χ3v) is 4.06. The van der Waals surface area contributed by atoms with Crippen LogP contribution in [0.3, 0.4) is 0 Å². The van der Waals surface area contributed by atoms with Crippen molar-refractivity contribution in [1.29, 1.82) is 0 Å². The minimum absolute atomic E-state index is 0.538. The van der Waals surface area contributed by atoms with E-state index in [1.165, 1.54) is 19.4 Å². The largest absolute Gasteiger partial charge is 0.370 e. The Labute approximate surface area is 122 Å². The summed E-state index contributed by atoms with van der Waals surface area (Å²) in [7, 11) is 4.36. The van der Waals surface area contributed by atoms with E-state index in [9.17, 15) is 0 Å². The number of likely N-dealkylation sites (N-methyl/N-ethyl adjacent to an activating group) is 2. The molecule has 1 unspecified atom stereocenters. The Hall–Kier alpha value is -1.36. The molecule has 1 aliphatic heterocycles. The summed E-state index contributed by atoms with van der Waals surface area (Å²) in [6.07, 6.45) is 2.49. The first kappa shape index (κ1) is 15.0. The van der Waals surface area contributed by atoms with Crippen LogP contribution >= 0.6 is 0 Å². The van der Waals surface area contributed by atoms with Gasteiger partial charge in [-0.2, -0.15) is 0 Å². The Morgan fingerprint density at radius 2 is 2.10 bits per heavy atom. The molecule has 112 valence electrons. The van der Waals surface area contributed by atoms with Crippen LogP contribution < -0.4 is 10.2 Å². The molecule has 1 aromatic rings. The number of hydrogen-bond donors (Lipinski definition) is 1. The topological polar surface area (TPSA) is 44.3 Å². The van der Waals surface area contributed by atoms with Crippen molar-refractivity contribution in [3.63, 3.8) is 0 Å². The molecule has 0 aromatic carbocycles. The molecular weight excluding hydrogens is 250 g/mol. The van der Waals surface area contributed by atoms with Crippen molar-refractivity contribution in [3.05, 3.63) is 11.4 Å². The number of rotatable bonds is 4. The molecule has 2 heterocycles. The van der Waals surface area contributed by atoms with Crippen LogP contribution in [0.1, 0.15) is 31.2 Å². The van der Waals surface area contributed by atoms with Gasteiger partial charge in [-0.05, 0) is 47.2 Å². The van der Waals surface area contributed by atoms with Crippen LogP contribution in [0.5, 0.6) is 0 Å². The number of hydrogen-bond acceptors (Lipinski definition) is 5. The number of piperidine rings is 1. The third-order valence-electron chi connectivity index (χ3n) is 4.06. The van der Waals surface area contributed by atoms with Crippen molar-refractivity contribution < 1.29 is 0 Å². The Bertz CT molecular complexity index is 460. The fourth-order valence-corrected chi connectivity index (χ4v) is 2.92. The maximum Gasteiger partial charge on any atom is 0.137 e. The van der Waals surface area contributed by atoms with E-state index in [2.05, 4.69) is 53.0 Å². The fraction of sp³-hybridized carbons (Fsp3) is 0.733. The second-order valence-electron chi connectivity index (χ2n) is 5.77. The molecule has 0 bridgehead atoms. The molecule has 0 saturated carbocycles. The number of likely N-dealkylation sites (tertiary alicyclic amines) is 1. The number of nitrogens with zero attached hydrogens (tertiary/aromatic N) is 4. The zero-order valence-electron chi connectivity index (χ0n) is 13.4. The lowest BCUT2D eigenvalue weighted by atomic mass is 10.0. The molecule has 0 amide bonds. The van der Waals surface area contributed by atoms with Crippen molar-refractivity contribution in [3.8, 4) is 0 Å². The molecule has 5 heteroatoms. The highest BCUT2D eigenvalue weighted by atomic mass is 15.3. The van der Waals surface area contributed by atoms with Gasteiger partial charge in [0.25, 0.3) is 0 Å². The quantitative estimate of drug-likeness (QED) is 0.912. The molecule has 1 aliphatic rings. The van der Waals surface area contributed by atoms with Crippen molar-refractivity contribution in [2.75, 3.05) is 43.9 Å². The minimum Gasteiger partial charge on any atom is -0.370 e. The van der Waals surface area contributed by atoms with E-state index in [1.54, 1.807) is 0 Å². The Balaban J connectivity index is 2.26. The second kappa shape index (κ2) is 6.39. The molecule has 0 spiro atoms. The van der Waals surface area contributed by atoms with Gasteiger partial charge in [-0.25, -0.2) is 9.97 Å². The van der Waals surface area contributed by atoms with Crippen LogP contribution in [0.25, 0.3) is 0 Å². The summed E-state index contributed by atoms with van der Waals surface area (Å²) in [5, 5.41) is 3.34. The van der Waals surface area contributed by atoms with Crippen LogP contribution in [0.2, 0.25) is 0 Å². The molecule has 1 fully saturated rings. The molecule has 1 saturated heterocycles. The molecule has 1 atom stereocenters. The van der Waals surface area contributed by atoms with E-state index >= 15 is 0 Å². The van der Waals surface area contributed by atoms with Gasteiger partial charge in [-0.15, -0.1) is 0 Å². The highest BCUT2D eigenvalue weighted by Gasteiger charge is 2.24. The lowest BCUT2D eigenvalue weighted by Gasteiger charge is -2.37. The monoisotopic (exact) mass is 277 g/mol. The van der Waals surface area contributed by atoms with Gasteiger partial charge in [0.05, 0.1) is 0 Å². The second-order valence-corrected chi connectivity index (χ2v) is 5.77. The van der Waals surface area contributed by atoms with Gasteiger partial charge < -0.3 is 15.1 Å². The predicted octanol–water partition coefficient (Wildman–Crippen LogP) is 2.06. The zero-order chi connectivity index (χ0) is 14.7. The average Bonchev–Trinajstić information content (AvgIpc) is 2.42. The number of anilines is 2. The molecule has 20 heavy (non-hydrogen) atoms. The van der Waals surface area contributed by atoms with Gasteiger partial charge in [0, 0.05) is 31.7 Å². The lowest BCUT2D eigenvalue weighted by Crippen LogP contribution is -2.45. The maximum atomic E-state index is 4.67. The van der Waals surface area contributed by atoms with Gasteiger partial charge in [0.2, 0.25) is 0 Å². The molecule has 2 rings (SSSR count). The molecule has 0 aliphatic carbocycles. The van der Waals surface area contributed by atoms with Crippen molar-refractivity contribution in [2.24, 2.45) is 0 Å². The summed E-state index contributed by atoms with van der Waals surface area (Å²) in [5.74, 6) is 2.86. The smallest absolute Gasteiger partial charge is 0.137 e. The number of aromatic nitrogens is 2. The molecule has 1 aromatic heterocycles. The van der Waals surface area contributed by atoms with Crippen molar-refractivity contribution in [2.45, 2.75) is 39.7 Å². The number of aryl methyl sites for hydroxylation is 1.